The molecule has 4 aliphatic heterocycles. The Morgan fingerprint density at radius 1 is 1.26 bits per heavy atom. The number of primary amides is 1. The van der Waals surface area contributed by atoms with Crippen molar-refractivity contribution >= 4 is 17.7 Å². The van der Waals surface area contributed by atoms with Crippen LogP contribution in [0.15, 0.2) is 12.2 Å². The molecule has 4 rings (SSSR count). The number of carbonyl (C=O) groups is 3. The van der Waals surface area contributed by atoms with Crippen molar-refractivity contribution in [3.63, 3.8) is 0 Å². The van der Waals surface area contributed by atoms with Crippen LogP contribution in [0, 0.1) is 11.8 Å². The first-order valence-electron chi connectivity index (χ1n) is 9.60. The summed E-state index contributed by atoms with van der Waals surface area (Å²) < 4.78 is 6.19. The van der Waals surface area contributed by atoms with Crippen LogP contribution in [0.5, 0.6) is 0 Å². The van der Waals surface area contributed by atoms with Crippen LogP contribution < -0.4 is 5.73 Å². The van der Waals surface area contributed by atoms with Crippen molar-refractivity contribution in [2.75, 3.05) is 39.3 Å². The van der Waals surface area contributed by atoms with Gasteiger partial charge in [-0.25, -0.2) is 0 Å². The molecule has 0 aromatic carbocycles. The first kappa shape index (κ1) is 18.4. The van der Waals surface area contributed by atoms with Crippen LogP contribution in [0.3, 0.4) is 0 Å². The smallest absolute Gasteiger partial charge is 0.231 e. The van der Waals surface area contributed by atoms with Crippen molar-refractivity contribution in [3.8, 4) is 0 Å². The highest BCUT2D eigenvalue weighted by Gasteiger charge is 2.68. The quantitative estimate of drug-likeness (QED) is 0.651. The van der Waals surface area contributed by atoms with Gasteiger partial charge in [-0.3, -0.25) is 19.3 Å². The fraction of sp³-hybridized carbons (Fsp3) is 0.737. The standard InChI is InChI=1S/C19H28N4O4/c1-18(2,3)23-11-19-5-4-12(27-19)14(15(19)17(23)26)16(25)22-8-6-21(7-9-22)10-13(20)24/h4-5,12,14-15H,6-11H2,1-3H3,(H2,20,24)/t12-,14+,15+,19-/m0/s1. The topological polar surface area (TPSA) is 96.2 Å². The number of carbonyl (C=O) groups excluding carboxylic acids is 3. The summed E-state index contributed by atoms with van der Waals surface area (Å²) >= 11 is 0. The van der Waals surface area contributed by atoms with Crippen LogP contribution in [0.25, 0.3) is 0 Å². The molecule has 1 spiro atoms. The summed E-state index contributed by atoms with van der Waals surface area (Å²) in [4.78, 5) is 43.1. The second-order valence-corrected chi connectivity index (χ2v) is 9.06. The molecule has 2 N–H and O–H groups in total. The van der Waals surface area contributed by atoms with Gasteiger partial charge >= 0.3 is 0 Å². The molecular weight excluding hydrogens is 348 g/mol. The third-order valence-electron chi connectivity index (χ3n) is 6.26. The van der Waals surface area contributed by atoms with Crippen molar-refractivity contribution in [1.29, 1.82) is 0 Å². The fourth-order valence-electron chi connectivity index (χ4n) is 4.91. The summed E-state index contributed by atoms with van der Waals surface area (Å²) in [6.07, 6.45) is 3.61. The van der Waals surface area contributed by atoms with Crippen molar-refractivity contribution in [3.05, 3.63) is 12.2 Å². The van der Waals surface area contributed by atoms with Crippen LogP contribution in [-0.2, 0) is 19.1 Å². The Hall–Kier alpha value is -1.93. The molecule has 0 aliphatic carbocycles. The number of likely N-dealkylation sites (tertiary alicyclic amines) is 1. The van der Waals surface area contributed by atoms with E-state index in [1.165, 1.54) is 0 Å². The van der Waals surface area contributed by atoms with Gasteiger partial charge in [0.1, 0.15) is 5.60 Å². The minimum atomic E-state index is -0.664. The molecule has 2 bridgehead atoms. The first-order valence-corrected chi connectivity index (χ1v) is 9.60. The summed E-state index contributed by atoms with van der Waals surface area (Å²) in [6, 6.07) is 0. The maximum absolute atomic E-state index is 13.3. The summed E-state index contributed by atoms with van der Waals surface area (Å²) in [7, 11) is 0. The zero-order valence-corrected chi connectivity index (χ0v) is 16.2. The van der Waals surface area contributed by atoms with Crippen LogP contribution in [0.4, 0.5) is 0 Å². The number of nitrogens with zero attached hydrogens (tertiary/aromatic N) is 3. The minimum Gasteiger partial charge on any atom is -0.369 e. The highest BCUT2D eigenvalue weighted by atomic mass is 16.5. The van der Waals surface area contributed by atoms with Crippen LogP contribution in [-0.4, -0.2) is 88.9 Å². The van der Waals surface area contributed by atoms with Gasteiger partial charge in [-0.1, -0.05) is 12.2 Å². The van der Waals surface area contributed by atoms with Gasteiger partial charge in [0.2, 0.25) is 17.7 Å². The predicted octanol–water partition coefficient (Wildman–Crippen LogP) is -0.804. The molecule has 0 unspecified atom stereocenters. The average molecular weight is 376 g/mol. The van der Waals surface area contributed by atoms with Crippen molar-refractivity contribution in [2.45, 2.75) is 38.0 Å². The number of hydrogen-bond acceptors (Lipinski definition) is 5. The highest BCUT2D eigenvalue weighted by molar-refractivity contribution is 5.93. The largest absolute Gasteiger partial charge is 0.369 e. The molecule has 4 aliphatic rings. The van der Waals surface area contributed by atoms with E-state index in [0.717, 1.165) is 0 Å². The summed E-state index contributed by atoms with van der Waals surface area (Å²) in [5, 5.41) is 0. The third-order valence-corrected chi connectivity index (χ3v) is 6.26. The van der Waals surface area contributed by atoms with Gasteiger partial charge in [-0.2, -0.15) is 0 Å². The fourth-order valence-corrected chi connectivity index (χ4v) is 4.91. The van der Waals surface area contributed by atoms with E-state index in [4.69, 9.17) is 10.5 Å². The molecule has 0 aromatic rings. The minimum absolute atomic E-state index is 0.0139. The van der Waals surface area contributed by atoms with E-state index in [1.807, 2.05) is 42.7 Å². The van der Waals surface area contributed by atoms with Gasteiger partial charge < -0.3 is 20.3 Å². The second-order valence-electron chi connectivity index (χ2n) is 9.06. The Morgan fingerprint density at radius 3 is 2.52 bits per heavy atom. The Labute approximate surface area is 159 Å². The number of ether oxygens (including phenoxy) is 1. The molecule has 4 heterocycles. The normalized spacial score (nSPS) is 35.8. The second kappa shape index (κ2) is 6.04. The zero-order valence-electron chi connectivity index (χ0n) is 16.2. The van der Waals surface area contributed by atoms with Gasteiger partial charge in [-0.15, -0.1) is 0 Å². The molecular formula is C19H28N4O4. The molecule has 3 fully saturated rings. The van der Waals surface area contributed by atoms with Crippen LogP contribution >= 0.6 is 0 Å². The molecule has 0 aromatic heterocycles. The van der Waals surface area contributed by atoms with Gasteiger partial charge in [0.25, 0.3) is 0 Å². The number of hydrogen-bond donors (Lipinski definition) is 1. The number of rotatable bonds is 3. The van der Waals surface area contributed by atoms with E-state index >= 15 is 0 Å². The maximum atomic E-state index is 13.3. The molecule has 8 nitrogen and oxygen atoms in total. The van der Waals surface area contributed by atoms with E-state index < -0.39 is 17.4 Å². The number of nitrogens with two attached hydrogens (primary N) is 1. The lowest BCUT2D eigenvalue weighted by atomic mass is 9.76. The van der Waals surface area contributed by atoms with E-state index in [0.29, 0.717) is 32.7 Å². The summed E-state index contributed by atoms with van der Waals surface area (Å²) in [6.45, 7) is 9.04. The van der Waals surface area contributed by atoms with E-state index in [2.05, 4.69) is 0 Å². The molecule has 148 valence electrons. The van der Waals surface area contributed by atoms with Crippen molar-refractivity contribution in [2.24, 2.45) is 17.6 Å². The average Bonchev–Trinajstić information content (AvgIpc) is 3.22. The van der Waals surface area contributed by atoms with Crippen LogP contribution in [0.1, 0.15) is 20.8 Å². The Bertz CT molecular complexity index is 707. The van der Waals surface area contributed by atoms with Gasteiger partial charge in [0.05, 0.1) is 31.0 Å². The summed E-state index contributed by atoms with van der Waals surface area (Å²) in [5.74, 6) is -1.26. The van der Waals surface area contributed by atoms with Crippen LogP contribution in [0.2, 0.25) is 0 Å². The maximum Gasteiger partial charge on any atom is 0.231 e. The molecule has 3 saturated heterocycles. The number of fused-ring (bicyclic) bond motifs is 1. The van der Waals surface area contributed by atoms with Gasteiger partial charge in [0.15, 0.2) is 0 Å². The molecule has 0 radical (unpaired) electrons. The Kier molecular flexibility index (Phi) is 4.12. The predicted molar refractivity (Wildman–Crippen MR) is 97.4 cm³/mol. The monoisotopic (exact) mass is 376 g/mol. The Morgan fingerprint density at radius 2 is 1.93 bits per heavy atom. The SMILES string of the molecule is CC(C)(C)N1C[C@]23C=C[C@H](O2)[C@@H](C(=O)N2CCN(CC(N)=O)CC2)[C@@H]3C1=O. The Balaban J connectivity index is 1.50. The lowest BCUT2D eigenvalue weighted by Gasteiger charge is -2.37. The van der Waals surface area contributed by atoms with E-state index in [1.54, 1.807) is 4.90 Å². The third kappa shape index (κ3) is 2.86. The van der Waals surface area contributed by atoms with E-state index in [9.17, 15) is 14.4 Å². The molecule has 27 heavy (non-hydrogen) atoms. The van der Waals surface area contributed by atoms with Crippen molar-refractivity contribution < 1.29 is 19.1 Å². The van der Waals surface area contributed by atoms with Gasteiger partial charge in [-0.05, 0) is 20.8 Å². The van der Waals surface area contributed by atoms with E-state index in [-0.39, 0.29) is 35.9 Å². The number of amides is 3. The summed E-state index contributed by atoms with van der Waals surface area (Å²) in [5.41, 5.74) is 4.28. The zero-order chi connectivity index (χ0) is 19.6. The molecule has 3 amide bonds. The lowest BCUT2D eigenvalue weighted by molar-refractivity contribution is -0.146. The highest BCUT2D eigenvalue weighted by Crippen LogP contribution is 2.53. The molecule has 8 heteroatoms. The molecule has 4 atom stereocenters. The lowest BCUT2D eigenvalue weighted by Crippen LogP contribution is -2.54. The van der Waals surface area contributed by atoms with Crippen molar-refractivity contribution in [1.82, 2.24) is 14.7 Å². The number of piperazine rings is 1. The first-order chi connectivity index (χ1) is 12.6. The van der Waals surface area contributed by atoms with Gasteiger partial charge in [0, 0.05) is 31.7 Å². The molecule has 0 saturated carbocycles.